The first-order valence-electron chi connectivity index (χ1n) is 5.02. The Labute approximate surface area is 113 Å². The summed E-state index contributed by atoms with van der Waals surface area (Å²) in [7, 11) is 0. The maximum atomic E-state index is 5.62. The molecule has 0 aliphatic rings. The van der Waals surface area contributed by atoms with Crippen LogP contribution in [0.3, 0.4) is 0 Å². The average molecular weight is 314 g/mol. The summed E-state index contributed by atoms with van der Waals surface area (Å²) in [6.45, 7) is 0.455. The van der Waals surface area contributed by atoms with Crippen LogP contribution in [-0.2, 0) is 12.5 Å². The molecule has 3 nitrogen and oxygen atoms in total. The van der Waals surface area contributed by atoms with E-state index in [0.717, 1.165) is 15.7 Å². The molecule has 0 unspecified atom stereocenters. The molecule has 0 aliphatic heterocycles. The third kappa shape index (κ3) is 3.41. The van der Waals surface area contributed by atoms with Gasteiger partial charge in [-0.1, -0.05) is 34.1 Å². The molecule has 5 heteroatoms. The molecule has 88 valence electrons. The first kappa shape index (κ1) is 12.3. The fourth-order valence-electron chi connectivity index (χ4n) is 1.25. The molecule has 2 aromatic rings. The molecule has 0 saturated heterocycles. The second-order valence-corrected chi connectivity index (χ2v) is 4.48. The molecule has 0 aliphatic carbocycles. The largest absolute Gasteiger partial charge is 0.472 e. The highest BCUT2D eigenvalue weighted by atomic mass is 79.9. The molecular formula is C12H10BrClN2O. The summed E-state index contributed by atoms with van der Waals surface area (Å²) in [5.74, 6) is 0.854. The van der Waals surface area contributed by atoms with Gasteiger partial charge in [-0.3, -0.25) is 4.98 Å². The van der Waals surface area contributed by atoms with Gasteiger partial charge in [0.2, 0.25) is 5.88 Å². The number of rotatable bonds is 4. The van der Waals surface area contributed by atoms with Gasteiger partial charge in [0.05, 0.1) is 24.0 Å². The Balaban J connectivity index is 2.00. The van der Waals surface area contributed by atoms with Gasteiger partial charge in [-0.2, -0.15) is 0 Å². The number of aromatic nitrogens is 2. The summed E-state index contributed by atoms with van der Waals surface area (Å²) in [6.07, 6.45) is 3.19. The molecule has 1 aromatic heterocycles. The third-order valence-electron chi connectivity index (χ3n) is 2.15. The maximum Gasteiger partial charge on any atom is 0.232 e. The van der Waals surface area contributed by atoms with E-state index >= 15 is 0 Å². The van der Waals surface area contributed by atoms with Gasteiger partial charge in [-0.05, 0) is 6.07 Å². The summed E-state index contributed by atoms with van der Waals surface area (Å²) in [6, 6.07) is 7.89. The second kappa shape index (κ2) is 5.98. The highest BCUT2D eigenvalue weighted by Gasteiger charge is 2.01. The second-order valence-electron chi connectivity index (χ2n) is 3.36. The minimum Gasteiger partial charge on any atom is -0.472 e. The molecule has 0 N–H and O–H groups in total. The average Bonchev–Trinajstić information content (AvgIpc) is 2.38. The molecule has 0 bridgehead atoms. The summed E-state index contributed by atoms with van der Waals surface area (Å²) in [4.78, 5) is 8.21. The minimum atomic E-state index is 0.359. The molecular weight excluding hydrogens is 304 g/mol. The van der Waals surface area contributed by atoms with E-state index in [4.69, 9.17) is 16.3 Å². The van der Waals surface area contributed by atoms with E-state index in [2.05, 4.69) is 25.9 Å². The van der Waals surface area contributed by atoms with Gasteiger partial charge >= 0.3 is 0 Å². The minimum absolute atomic E-state index is 0.359. The van der Waals surface area contributed by atoms with Crippen molar-refractivity contribution in [2.45, 2.75) is 12.5 Å². The fraction of sp³-hybridized carbons (Fsp3) is 0.167. The lowest BCUT2D eigenvalue weighted by atomic mass is 10.2. The van der Waals surface area contributed by atoms with E-state index in [1.54, 1.807) is 12.4 Å². The monoisotopic (exact) mass is 312 g/mol. The van der Waals surface area contributed by atoms with E-state index in [-0.39, 0.29) is 0 Å². The first-order valence-corrected chi connectivity index (χ1v) is 6.35. The number of ether oxygens (including phenoxy) is 1. The van der Waals surface area contributed by atoms with Crippen LogP contribution in [0.1, 0.15) is 11.3 Å². The SMILES string of the molecule is ClCc1cnc(OCc2ccccc2Br)cn1. The van der Waals surface area contributed by atoms with E-state index in [1.807, 2.05) is 24.3 Å². The van der Waals surface area contributed by atoms with Crippen molar-refractivity contribution >= 4 is 27.5 Å². The quantitative estimate of drug-likeness (QED) is 0.810. The van der Waals surface area contributed by atoms with Crippen molar-refractivity contribution < 1.29 is 4.74 Å². The zero-order valence-electron chi connectivity index (χ0n) is 8.94. The molecule has 0 atom stereocenters. The molecule has 0 saturated carbocycles. The van der Waals surface area contributed by atoms with Crippen molar-refractivity contribution in [1.82, 2.24) is 9.97 Å². The first-order chi connectivity index (χ1) is 8.29. The van der Waals surface area contributed by atoms with Crippen molar-refractivity contribution in [3.05, 3.63) is 52.4 Å². The van der Waals surface area contributed by atoms with Gasteiger partial charge in [-0.15, -0.1) is 11.6 Å². The summed E-state index contributed by atoms with van der Waals surface area (Å²) in [5, 5.41) is 0. The Morgan fingerprint density at radius 3 is 2.65 bits per heavy atom. The summed E-state index contributed by atoms with van der Waals surface area (Å²) < 4.78 is 6.54. The summed E-state index contributed by atoms with van der Waals surface area (Å²) >= 11 is 9.08. The van der Waals surface area contributed by atoms with Crippen LogP contribution in [0.4, 0.5) is 0 Å². The van der Waals surface area contributed by atoms with Crippen LogP contribution in [0.25, 0.3) is 0 Å². The van der Waals surface area contributed by atoms with Crippen LogP contribution >= 0.6 is 27.5 Å². The number of halogens is 2. The van der Waals surface area contributed by atoms with Crippen LogP contribution in [-0.4, -0.2) is 9.97 Å². The van der Waals surface area contributed by atoms with Gasteiger partial charge in [0.15, 0.2) is 0 Å². The van der Waals surface area contributed by atoms with Gasteiger partial charge in [0.25, 0.3) is 0 Å². The lowest BCUT2D eigenvalue weighted by Gasteiger charge is -2.06. The van der Waals surface area contributed by atoms with Crippen LogP contribution in [0.15, 0.2) is 41.1 Å². The Morgan fingerprint density at radius 2 is 2.00 bits per heavy atom. The van der Waals surface area contributed by atoms with Crippen molar-refractivity contribution in [2.24, 2.45) is 0 Å². The molecule has 0 radical (unpaired) electrons. The van der Waals surface area contributed by atoms with E-state index in [1.165, 1.54) is 0 Å². The Morgan fingerprint density at radius 1 is 1.18 bits per heavy atom. The normalized spacial score (nSPS) is 10.2. The van der Waals surface area contributed by atoms with Crippen LogP contribution < -0.4 is 4.74 Å². The molecule has 0 fully saturated rings. The molecule has 17 heavy (non-hydrogen) atoms. The van der Waals surface area contributed by atoms with E-state index in [9.17, 15) is 0 Å². The molecule has 1 heterocycles. The Bertz CT molecular complexity index is 490. The molecule has 2 rings (SSSR count). The topological polar surface area (TPSA) is 35.0 Å². The molecule has 0 spiro atoms. The molecule has 0 amide bonds. The highest BCUT2D eigenvalue weighted by Crippen LogP contribution is 2.17. The van der Waals surface area contributed by atoms with Crippen molar-refractivity contribution in [3.8, 4) is 5.88 Å². The smallest absolute Gasteiger partial charge is 0.232 e. The Kier molecular flexibility index (Phi) is 4.34. The number of hydrogen-bond acceptors (Lipinski definition) is 3. The molecule has 1 aromatic carbocycles. The fourth-order valence-corrected chi connectivity index (χ4v) is 1.79. The van der Waals surface area contributed by atoms with Gasteiger partial charge in [-0.25, -0.2) is 4.98 Å². The third-order valence-corrected chi connectivity index (χ3v) is 3.20. The predicted octanol–water partition coefficient (Wildman–Crippen LogP) is 3.56. The highest BCUT2D eigenvalue weighted by molar-refractivity contribution is 9.10. The van der Waals surface area contributed by atoms with Gasteiger partial charge in [0, 0.05) is 10.0 Å². The maximum absolute atomic E-state index is 5.62. The van der Waals surface area contributed by atoms with Crippen LogP contribution in [0.2, 0.25) is 0 Å². The lowest BCUT2D eigenvalue weighted by molar-refractivity contribution is 0.291. The van der Waals surface area contributed by atoms with Gasteiger partial charge < -0.3 is 4.74 Å². The standard InChI is InChI=1S/C12H10BrClN2O/c13-11-4-2-1-3-9(11)8-17-12-7-15-10(5-14)6-16-12/h1-4,6-7H,5,8H2. The number of hydrogen-bond donors (Lipinski definition) is 0. The zero-order valence-corrected chi connectivity index (χ0v) is 11.3. The zero-order chi connectivity index (χ0) is 12.1. The van der Waals surface area contributed by atoms with Crippen LogP contribution in [0, 0.1) is 0 Å². The lowest BCUT2D eigenvalue weighted by Crippen LogP contribution is -1.99. The number of alkyl halides is 1. The van der Waals surface area contributed by atoms with Crippen molar-refractivity contribution in [2.75, 3.05) is 0 Å². The predicted molar refractivity (Wildman–Crippen MR) is 70.1 cm³/mol. The van der Waals surface area contributed by atoms with E-state index in [0.29, 0.717) is 18.4 Å². The van der Waals surface area contributed by atoms with E-state index < -0.39 is 0 Å². The number of nitrogens with zero attached hydrogens (tertiary/aromatic N) is 2. The Hall–Kier alpha value is -1.13. The number of benzene rings is 1. The summed E-state index contributed by atoms with van der Waals surface area (Å²) in [5.41, 5.74) is 1.80. The van der Waals surface area contributed by atoms with Crippen molar-refractivity contribution in [3.63, 3.8) is 0 Å². The van der Waals surface area contributed by atoms with Gasteiger partial charge in [0.1, 0.15) is 6.61 Å². The van der Waals surface area contributed by atoms with Crippen molar-refractivity contribution in [1.29, 1.82) is 0 Å². The van der Waals surface area contributed by atoms with Crippen LogP contribution in [0.5, 0.6) is 5.88 Å².